The second-order valence-corrected chi connectivity index (χ2v) is 6.28. The average Bonchev–Trinajstić information content (AvgIpc) is 2.81. The Morgan fingerprint density at radius 2 is 1.85 bits per heavy atom. The van der Waals surface area contributed by atoms with E-state index in [1.807, 2.05) is 24.0 Å². The van der Waals surface area contributed by atoms with E-state index < -0.39 is 0 Å². The summed E-state index contributed by atoms with van der Waals surface area (Å²) in [7, 11) is 1.92. The fourth-order valence-electron chi connectivity index (χ4n) is 2.27. The summed E-state index contributed by atoms with van der Waals surface area (Å²) in [4.78, 5) is 0. The first-order valence-corrected chi connectivity index (χ1v) is 6.95. The molecule has 0 aliphatic carbocycles. The molecule has 0 saturated heterocycles. The van der Waals surface area contributed by atoms with Crippen LogP contribution in [0.15, 0.2) is 36.5 Å². The molecule has 20 heavy (non-hydrogen) atoms. The smallest absolute Gasteiger partial charge is 0.0643 e. The van der Waals surface area contributed by atoms with Crippen molar-refractivity contribution in [3.8, 4) is 0 Å². The molecular weight excluding hydrogens is 248 g/mol. The Hall–Kier alpha value is -1.65. The van der Waals surface area contributed by atoms with E-state index in [9.17, 15) is 0 Å². The van der Waals surface area contributed by atoms with Gasteiger partial charge in [-0.3, -0.25) is 16.0 Å². The number of benzene rings is 1. The van der Waals surface area contributed by atoms with Crippen LogP contribution in [0.2, 0.25) is 0 Å². The third kappa shape index (κ3) is 3.46. The maximum absolute atomic E-state index is 5.70. The zero-order valence-electron chi connectivity index (χ0n) is 12.7. The summed E-state index contributed by atoms with van der Waals surface area (Å²) in [6, 6.07) is 10.8. The molecule has 2 rings (SSSR count). The van der Waals surface area contributed by atoms with Crippen molar-refractivity contribution in [2.75, 3.05) is 0 Å². The molecule has 0 amide bonds. The van der Waals surface area contributed by atoms with Crippen LogP contribution in [0.4, 0.5) is 0 Å². The minimum absolute atomic E-state index is 0.0823. The Balaban J connectivity index is 2.15. The summed E-state index contributed by atoms with van der Waals surface area (Å²) < 4.78 is 1.81. The van der Waals surface area contributed by atoms with Gasteiger partial charge < -0.3 is 0 Å². The van der Waals surface area contributed by atoms with E-state index in [2.05, 4.69) is 55.6 Å². The number of rotatable bonds is 4. The molecule has 1 heterocycles. The monoisotopic (exact) mass is 272 g/mol. The van der Waals surface area contributed by atoms with Crippen LogP contribution in [0.5, 0.6) is 0 Å². The van der Waals surface area contributed by atoms with Crippen LogP contribution in [-0.4, -0.2) is 9.78 Å². The number of nitrogens with zero attached hydrogens (tertiary/aromatic N) is 2. The first kappa shape index (κ1) is 14.8. The summed E-state index contributed by atoms with van der Waals surface area (Å²) >= 11 is 0. The number of aromatic nitrogens is 2. The third-order valence-electron chi connectivity index (χ3n) is 3.56. The molecule has 2 aromatic rings. The molecule has 0 fully saturated rings. The van der Waals surface area contributed by atoms with E-state index in [1.165, 1.54) is 11.1 Å². The van der Waals surface area contributed by atoms with Crippen molar-refractivity contribution < 1.29 is 0 Å². The predicted molar refractivity (Wildman–Crippen MR) is 82.1 cm³/mol. The van der Waals surface area contributed by atoms with Crippen LogP contribution in [0.3, 0.4) is 0 Å². The normalized spacial score (nSPS) is 13.4. The first-order valence-electron chi connectivity index (χ1n) is 6.95. The Bertz CT molecular complexity index is 549. The average molecular weight is 272 g/mol. The van der Waals surface area contributed by atoms with Gasteiger partial charge in [-0.2, -0.15) is 5.10 Å². The summed E-state index contributed by atoms with van der Waals surface area (Å²) in [5.41, 5.74) is 6.61. The summed E-state index contributed by atoms with van der Waals surface area (Å²) in [6.45, 7) is 6.65. The molecule has 0 bridgehead atoms. The minimum atomic E-state index is 0.0823. The van der Waals surface area contributed by atoms with Crippen molar-refractivity contribution >= 4 is 0 Å². The van der Waals surface area contributed by atoms with E-state index in [-0.39, 0.29) is 11.5 Å². The lowest BCUT2D eigenvalue weighted by atomic mass is 9.86. The van der Waals surface area contributed by atoms with Gasteiger partial charge in [-0.1, -0.05) is 45.0 Å². The number of nitrogens with one attached hydrogen (secondary N) is 1. The molecule has 108 valence electrons. The van der Waals surface area contributed by atoms with Crippen molar-refractivity contribution in [2.24, 2.45) is 12.9 Å². The molecule has 0 radical (unpaired) electrons. The maximum atomic E-state index is 5.70. The number of hydrazine groups is 1. The van der Waals surface area contributed by atoms with E-state index in [0.717, 1.165) is 12.1 Å². The second-order valence-electron chi connectivity index (χ2n) is 6.28. The predicted octanol–water partition coefficient (Wildman–Crippen LogP) is 2.46. The van der Waals surface area contributed by atoms with Crippen molar-refractivity contribution in [2.45, 2.75) is 38.6 Å². The molecule has 1 aromatic heterocycles. The highest BCUT2D eigenvalue weighted by Gasteiger charge is 2.16. The van der Waals surface area contributed by atoms with Gasteiger partial charge in [0, 0.05) is 19.7 Å². The first-order chi connectivity index (χ1) is 9.40. The molecule has 1 atom stereocenters. The van der Waals surface area contributed by atoms with Gasteiger partial charge in [0.1, 0.15) is 0 Å². The van der Waals surface area contributed by atoms with E-state index in [4.69, 9.17) is 5.84 Å². The van der Waals surface area contributed by atoms with Gasteiger partial charge in [-0.25, -0.2) is 0 Å². The van der Waals surface area contributed by atoms with Crippen LogP contribution in [0.1, 0.15) is 43.6 Å². The van der Waals surface area contributed by atoms with Gasteiger partial charge in [-0.05, 0) is 22.6 Å². The van der Waals surface area contributed by atoms with Gasteiger partial charge in [0.05, 0.1) is 11.7 Å². The second kappa shape index (κ2) is 5.77. The Kier molecular flexibility index (Phi) is 4.26. The highest BCUT2D eigenvalue weighted by molar-refractivity contribution is 5.29. The molecule has 0 saturated carbocycles. The highest BCUT2D eigenvalue weighted by Crippen LogP contribution is 2.24. The van der Waals surface area contributed by atoms with Crippen LogP contribution in [-0.2, 0) is 18.9 Å². The zero-order valence-corrected chi connectivity index (χ0v) is 12.7. The maximum Gasteiger partial charge on any atom is 0.0643 e. The van der Waals surface area contributed by atoms with Crippen molar-refractivity contribution in [3.05, 3.63) is 53.3 Å². The zero-order chi connectivity index (χ0) is 14.8. The molecule has 1 unspecified atom stereocenters. The fraction of sp³-hybridized carbons (Fsp3) is 0.438. The largest absolute Gasteiger partial charge is 0.276 e. The standard InChI is InChI=1S/C16H24N4/c1-16(2,3)13-7-5-12(6-8-13)15(18-17)11-14-9-10-20(4)19-14/h5-10,15,18H,11,17H2,1-4H3. The quantitative estimate of drug-likeness (QED) is 0.664. The molecule has 0 aliphatic rings. The lowest BCUT2D eigenvalue weighted by Gasteiger charge is -2.21. The summed E-state index contributed by atoms with van der Waals surface area (Å²) in [5.74, 6) is 5.70. The SMILES string of the molecule is Cn1ccc(CC(NN)c2ccc(C(C)(C)C)cc2)n1. The van der Waals surface area contributed by atoms with Gasteiger partial charge in [0.15, 0.2) is 0 Å². The number of hydrogen-bond acceptors (Lipinski definition) is 3. The van der Waals surface area contributed by atoms with Crippen LogP contribution < -0.4 is 11.3 Å². The van der Waals surface area contributed by atoms with E-state index in [0.29, 0.717) is 0 Å². The number of hydrogen-bond donors (Lipinski definition) is 2. The van der Waals surface area contributed by atoms with Gasteiger partial charge >= 0.3 is 0 Å². The van der Waals surface area contributed by atoms with Crippen molar-refractivity contribution in [1.29, 1.82) is 0 Å². The van der Waals surface area contributed by atoms with Crippen molar-refractivity contribution in [3.63, 3.8) is 0 Å². The highest BCUT2D eigenvalue weighted by atomic mass is 15.3. The topological polar surface area (TPSA) is 55.9 Å². The van der Waals surface area contributed by atoms with Gasteiger partial charge in [0.25, 0.3) is 0 Å². The van der Waals surface area contributed by atoms with E-state index >= 15 is 0 Å². The number of aryl methyl sites for hydroxylation is 1. The molecule has 4 heteroatoms. The lowest BCUT2D eigenvalue weighted by Crippen LogP contribution is -2.29. The molecule has 0 aliphatic heterocycles. The molecule has 1 aromatic carbocycles. The Labute approximate surface area is 121 Å². The van der Waals surface area contributed by atoms with E-state index in [1.54, 1.807) is 0 Å². The van der Waals surface area contributed by atoms with Gasteiger partial charge in [0.2, 0.25) is 0 Å². The number of nitrogens with two attached hydrogens (primary N) is 1. The van der Waals surface area contributed by atoms with Gasteiger partial charge in [-0.15, -0.1) is 0 Å². The minimum Gasteiger partial charge on any atom is -0.276 e. The van der Waals surface area contributed by atoms with Crippen LogP contribution in [0.25, 0.3) is 0 Å². The lowest BCUT2D eigenvalue weighted by molar-refractivity contribution is 0.539. The summed E-state index contributed by atoms with van der Waals surface area (Å²) in [6.07, 6.45) is 2.73. The Morgan fingerprint density at radius 3 is 2.30 bits per heavy atom. The molecule has 3 N–H and O–H groups in total. The van der Waals surface area contributed by atoms with Crippen LogP contribution >= 0.6 is 0 Å². The van der Waals surface area contributed by atoms with Crippen LogP contribution in [0, 0.1) is 0 Å². The summed E-state index contributed by atoms with van der Waals surface area (Å²) in [5, 5.41) is 4.40. The fourth-order valence-corrected chi connectivity index (χ4v) is 2.27. The third-order valence-corrected chi connectivity index (χ3v) is 3.56. The molecule has 0 spiro atoms. The molecular formula is C16H24N4. The van der Waals surface area contributed by atoms with Crippen molar-refractivity contribution in [1.82, 2.24) is 15.2 Å². The molecule has 4 nitrogen and oxygen atoms in total. The Morgan fingerprint density at radius 1 is 1.20 bits per heavy atom.